The number of aliphatic hydroxyl groups is 1. The number of H-pyrrole nitrogens is 1. The van der Waals surface area contributed by atoms with Crippen molar-refractivity contribution in [2.45, 2.75) is 32.4 Å². The number of aliphatic hydroxyl groups excluding tert-OH is 1. The summed E-state index contributed by atoms with van der Waals surface area (Å²) in [5, 5.41) is 14.2. The molecule has 0 spiro atoms. The average molecular weight is 516 g/mol. The van der Waals surface area contributed by atoms with Crippen LogP contribution in [0.15, 0.2) is 42.5 Å². The average Bonchev–Trinajstić information content (AvgIpc) is 3.24. The molecule has 1 aromatic heterocycles. The number of fused-ring (bicyclic) bond motifs is 3. The molecule has 4 rings (SSSR count). The minimum Gasteiger partial charge on any atom is -0.491 e. The van der Waals surface area contributed by atoms with Crippen molar-refractivity contribution in [1.29, 1.82) is 0 Å². The zero-order valence-electron chi connectivity index (χ0n) is 20.3. The van der Waals surface area contributed by atoms with Crippen LogP contribution in [-0.4, -0.2) is 66.2 Å². The molecule has 0 radical (unpaired) electrons. The predicted molar refractivity (Wildman–Crippen MR) is 136 cm³/mol. The van der Waals surface area contributed by atoms with E-state index in [0.717, 1.165) is 27.7 Å². The minimum atomic E-state index is -0.896. The van der Waals surface area contributed by atoms with Gasteiger partial charge in [-0.1, -0.05) is 23.7 Å². The summed E-state index contributed by atoms with van der Waals surface area (Å²) in [6.07, 6.45) is -1.17. The number of nitrogens with zero attached hydrogens (tertiary/aromatic N) is 1. The lowest BCUT2D eigenvalue weighted by Crippen LogP contribution is -2.41. The van der Waals surface area contributed by atoms with Crippen LogP contribution in [0, 0.1) is 0 Å². The summed E-state index contributed by atoms with van der Waals surface area (Å²) < 4.78 is 15.8. The molecule has 10 heteroatoms. The summed E-state index contributed by atoms with van der Waals surface area (Å²) in [6, 6.07) is 12.7. The number of ether oxygens (including phenoxy) is 3. The summed E-state index contributed by atoms with van der Waals surface area (Å²) in [5.74, 6) is 0.552. The number of carbonyl (C=O) groups excluding carboxylic acids is 2. The van der Waals surface area contributed by atoms with Crippen molar-refractivity contribution < 1.29 is 28.9 Å². The molecule has 1 aliphatic rings. The first-order valence-electron chi connectivity index (χ1n) is 12.0. The van der Waals surface area contributed by atoms with Crippen molar-refractivity contribution in [2.75, 3.05) is 32.9 Å². The summed E-state index contributed by atoms with van der Waals surface area (Å²) in [5.41, 5.74) is 3.92. The Bertz CT molecular complexity index is 1210. The highest BCUT2D eigenvalue weighted by atomic mass is 35.5. The van der Waals surface area contributed by atoms with Gasteiger partial charge in [-0.15, -0.1) is 0 Å². The molecule has 9 nitrogen and oxygen atoms in total. The van der Waals surface area contributed by atoms with E-state index < -0.39 is 12.2 Å². The number of benzene rings is 2. The molecule has 1 aliphatic heterocycles. The Morgan fingerprint density at radius 2 is 1.92 bits per heavy atom. The number of aromatic nitrogens is 1. The third-order valence-electron chi connectivity index (χ3n) is 5.99. The number of alkyl carbamates (subject to hydrolysis) is 1. The van der Waals surface area contributed by atoms with Crippen LogP contribution in [0.3, 0.4) is 0 Å². The van der Waals surface area contributed by atoms with Crippen molar-refractivity contribution in [2.24, 2.45) is 0 Å². The lowest BCUT2D eigenvalue weighted by Gasteiger charge is -2.35. The van der Waals surface area contributed by atoms with Gasteiger partial charge in [0.05, 0.1) is 19.8 Å². The molecule has 36 heavy (non-hydrogen) atoms. The molecule has 2 unspecified atom stereocenters. The van der Waals surface area contributed by atoms with Gasteiger partial charge in [-0.25, -0.2) is 9.59 Å². The van der Waals surface area contributed by atoms with Gasteiger partial charge in [0.15, 0.2) is 0 Å². The Balaban J connectivity index is 1.53. The van der Waals surface area contributed by atoms with Gasteiger partial charge in [0.1, 0.15) is 24.5 Å². The van der Waals surface area contributed by atoms with E-state index in [1.807, 2.05) is 30.3 Å². The third kappa shape index (κ3) is 5.68. The molecular weight excluding hydrogens is 486 g/mol. The first-order valence-corrected chi connectivity index (χ1v) is 12.3. The van der Waals surface area contributed by atoms with E-state index >= 15 is 0 Å². The standard InChI is InChI=1S/C26H30ClN3O6/c1-3-34-25(32)28-14-18(31)15-36-19-8-5-16(6-9-19)24-23-20(11-12-30(24)26(33)35-4-2)21-13-17(27)7-10-22(21)29-23/h5-10,13,18,24,29,31H,3-4,11-12,14-15H2,1-2H3,(H,28,32). The van der Waals surface area contributed by atoms with Gasteiger partial charge in [0.25, 0.3) is 0 Å². The van der Waals surface area contributed by atoms with E-state index in [1.54, 1.807) is 30.9 Å². The normalized spacial score (nSPS) is 15.8. The van der Waals surface area contributed by atoms with Crippen LogP contribution < -0.4 is 10.1 Å². The molecule has 2 amide bonds. The second-order valence-corrected chi connectivity index (χ2v) is 8.82. The molecule has 0 aliphatic carbocycles. The number of rotatable bonds is 8. The fraction of sp³-hybridized carbons (Fsp3) is 0.385. The lowest BCUT2D eigenvalue weighted by molar-refractivity contribution is 0.0931. The quantitative estimate of drug-likeness (QED) is 0.409. The molecule has 0 bridgehead atoms. The summed E-state index contributed by atoms with van der Waals surface area (Å²) in [7, 11) is 0. The summed E-state index contributed by atoms with van der Waals surface area (Å²) >= 11 is 6.25. The fourth-order valence-electron chi connectivity index (χ4n) is 4.39. The zero-order valence-corrected chi connectivity index (χ0v) is 21.0. The maximum atomic E-state index is 12.8. The Hall–Kier alpha value is -3.43. The highest BCUT2D eigenvalue weighted by molar-refractivity contribution is 6.31. The highest BCUT2D eigenvalue weighted by Gasteiger charge is 2.35. The van der Waals surface area contributed by atoms with Crippen molar-refractivity contribution in [3.63, 3.8) is 0 Å². The van der Waals surface area contributed by atoms with Gasteiger partial charge in [0, 0.05) is 28.2 Å². The first kappa shape index (κ1) is 25.7. The number of carbonyl (C=O) groups is 2. The maximum absolute atomic E-state index is 12.8. The second-order valence-electron chi connectivity index (χ2n) is 8.39. The van der Waals surface area contributed by atoms with Crippen LogP contribution in [0.4, 0.5) is 9.59 Å². The smallest absolute Gasteiger partial charge is 0.410 e. The fourth-order valence-corrected chi connectivity index (χ4v) is 4.56. The SMILES string of the molecule is CCOC(=O)NCC(O)COc1ccc(C2c3[nH]c4ccc(Cl)cc4c3CCN2C(=O)OCC)cc1. The van der Waals surface area contributed by atoms with Gasteiger partial charge in [-0.2, -0.15) is 0 Å². The van der Waals surface area contributed by atoms with Crippen LogP contribution in [0.1, 0.15) is 36.7 Å². The topological polar surface area (TPSA) is 113 Å². The van der Waals surface area contributed by atoms with Crippen LogP contribution in [0.5, 0.6) is 5.75 Å². The lowest BCUT2D eigenvalue weighted by atomic mass is 9.92. The molecule has 2 atom stereocenters. The third-order valence-corrected chi connectivity index (χ3v) is 6.22. The van der Waals surface area contributed by atoms with Crippen LogP contribution >= 0.6 is 11.6 Å². The van der Waals surface area contributed by atoms with Crippen LogP contribution in [-0.2, 0) is 15.9 Å². The molecule has 3 N–H and O–H groups in total. The van der Waals surface area contributed by atoms with E-state index in [9.17, 15) is 14.7 Å². The molecule has 0 saturated carbocycles. The van der Waals surface area contributed by atoms with Crippen molar-refractivity contribution in [3.8, 4) is 5.75 Å². The maximum Gasteiger partial charge on any atom is 0.410 e. The minimum absolute atomic E-state index is 0.00292. The molecule has 2 heterocycles. The Morgan fingerprint density at radius 1 is 1.17 bits per heavy atom. The first-order chi connectivity index (χ1) is 17.4. The molecule has 0 saturated heterocycles. The van der Waals surface area contributed by atoms with E-state index in [0.29, 0.717) is 23.7 Å². The Kier molecular flexibility index (Phi) is 8.22. The highest BCUT2D eigenvalue weighted by Crippen LogP contribution is 2.39. The van der Waals surface area contributed by atoms with Gasteiger partial charge in [-0.05, 0) is 61.7 Å². The number of hydrogen-bond donors (Lipinski definition) is 3. The molecule has 2 aromatic carbocycles. The molecular formula is C26H30ClN3O6. The van der Waals surface area contributed by atoms with Gasteiger partial charge in [-0.3, -0.25) is 4.90 Å². The number of halogens is 1. The van der Waals surface area contributed by atoms with Crippen LogP contribution in [0.25, 0.3) is 10.9 Å². The summed E-state index contributed by atoms with van der Waals surface area (Å²) in [6.45, 7) is 4.56. The number of hydrogen-bond acceptors (Lipinski definition) is 6. The summed E-state index contributed by atoms with van der Waals surface area (Å²) in [4.78, 5) is 29.4. The van der Waals surface area contributed by atoms with E-state index in [-0.39, 0.29) is 38.5 Å². The van der Waals surface area contributed by atoms with Gasteiger partial charge in [0.2, 0.25) is 0 Å². The van der Waals surface area contributed by atoms with Crippen molar-refractivity contribution >= 4 is 34.7 Å². The largest absolute Gasteiger partial charge is 0.491 e. The van der Waals surface area contributed by atoms with E-state index in [2.05, 4.69) is 10.3 Å². The van der Waals surface area contributed by atoms with Crippen molar-refractivity contribution in [3.05, 3.63) is 64.3 Å². The van der Waals surface area contributed by atoms with E-state index in [1.165, 1.54) is 0 Å². The molecule has 3 aromatic rings. The molecule has 0 fully saturated rings. The van der Waals surface area contributed by atoms with Crippen LogP contribution in [0.2, 0.25) is 5.02 Å². The van der Waals surface area contributed by atoms with E-state index in [4.69, 9.17) is 25.8 Å². The second kappa shape index (κ2) is 11.5. The van der Waals surface area contributed by atoms with Crippen molar-refractivity contribution in [1.82, 2.24) is 15.2 Å². The molecule has 192 valence electrons. The van der Waals surface area contributed by atoms with Gasteiger partial charge >= 0.3 is 12.2 Å². The predicted octanol–water partition coefficient (Wildman–Crippen LogP) is 4.41. The number of amides is 2. The zero-order chi connectivity index (χ0) is 25.7. The Labute approximate surface area is 214 Å². The number of aromatic amines is 1. The monoisotopic (exact) mass is 515 g/mol. The number of nitrogens with one attached hydrogen (secondary N) is 2. The van der Waals surface area contributed by atoms with Gasteiger partial charge < -0.3 is 29.6 Å². The Morgan fingerprint density at radius 3 is 2.64 bits per heavy atom.